The van der Waals surface area contributed by atoms with Crippen molar-refractivity contribution in [1.29, 1.82) is 0 Å². The molecule has 9 heteroatoms. The second-order valence-electron chi connectivity index (χ2n) is 4.53. The quantitative estimate of drug-likeness (QED) is 0.549. The van der Waals surface area contributed by atoms with Crippen molar-refractivity contribution in [3.8, 4) is 0 Å². The Labute approximate surface area is 147 Å². The van der Waals surface area contributed by atoms with Crippen molar-refractivity contribution in [1.82, 2.24) is 4.98 Å². The number of rotatable bonds is 2. The third-order valence-electron chi connectivity index (χ3n) is 2.95. The molecule has 0 bridgehead atoms. The topological polar surface area (TPSA) is 38.9 Å². The number of aromatic nitrogens is 1. The van der Waals surface area contributed by atoms with Crippen molar-refractivity contribution in [3.63, 3.8) is 0 Å². The molecule has 0 atom stereocenters. The number of halogens is 5. The van der Waals surface area contributed by atoms with E-state index in [-0.39, 0.29) is 0 Å². The smallest absolute Gasteiger partial charge is 0.375 e. The molecule has 2 N–H and O–H groups in total. The van der Waals surface area contributed by atoms with Crippen LogP contribution in [0.5, 0.6) is 0 Å². The standard InChI is InChI=1S/C14H7Cl2F3N2S2/c15-8-5-9-12(23-13(20)21-9)10(16)11(8)22-7-3-1-6(2-4-7)14(17,18)19/h1-5H,(H2,20,21). The van der Waals surface area contributed by atoms with E-state index < -0.39 is 11.7 Å². The summed E-state index contributed by atoms with van der Waals surface area (Å²) in [5.41, 5.74) is 5.55. The van der Waals surface area contributed by atoms with E-state index in [1.807, 2.05) is 0 Å². The fourth-order valence-corrected chi connectivity index (χ4v) is 4.39. The van der Waals surface area contributed by atoms with Gasteiger partial charge in [-0.05, 0) is 30.3 Å². The number of alkyl halides is 3. The van der Waals surface area contributed by atoms with Crippen LogP contribution < -0.4 is 5.73 Å². The van der Waals surface area contributed by atoms with E-state index in [1.165, 1.54) is 35.2 Å². The van der Waals surface area contributed by atoms with Gasteiger partial charge in [-0.3, -0.25) is 0 Å². The van der Waals surface area contributed by atoms with Crippen LogP contribution in [0.3, 0.4) is 0 Å². The van der Waals surface area contributed by atoms with Crippen LogP contribution in [0.1, 0.15) is 5.56 Å². The van der Waals surface area contributed by atoms with Crippen LogP contribution in [-0.4, -0.2) is 4.98 Å². The molecule has 0 aliphatic heterocycles. The summed E-state index contributed by atoms with van der Waals surface area (Å²) in [5, 5.41) is 1.14. The third-order valence-corrected chi connectivity index (χ3v) is 6.02. The van der Waals surface area contributed by atoms with Crippen LogP contribution in [0.15, 0.2) is 40.1 Å². The first-order chi connectivity index (χ1) is 10.8. The zero-order valence-electron chi connectivity index (χ0n) is 11.1. The zero-order chi connectivity index (χ0) is 16.8. The van der Waals surface area contributed by atoms with Gasteiger partial charge in [0.25, 0.3) is 0 Å². The first-order valence-corrected chi connectivity index (χ1v) is 8.53. The lowest BCUT2D eigenvalue weighted by Crippen LogP contribution is -2.03. The molecule has 3 aromatic rings. The highest BCUT2D eigenvalue weighted by atomic mass is 35.5. The Kier molecular flexibility index (Phi) is 4.39. The number of anilines is 1. The van der Waals surface area contributed by atoms with Crippen LogP contribution in [0.2, 0.25) is 10.0 Å². The van der Waals surface area contributed by atoms with Gasteiger partial charge in [-0.25, -0.2) is 4.98 Å². The summed E-state index contributed by atoms with van der Waals surface area (Å²) < 4.78 is 38.5. The Bertz CT molecular complexity index is 876. The molecular weight excluding hydrogens is 388 g/mol. The highest BCUT2D eigenvalue weighted by Gasteiger charge is 2.30. The summed E-state index contributed by atoms with van der Waals surface area (Å²) >= 11 is 15.0. The van der Waals surface area contributed by atoms with Gasteiger partial charge in [-0.1, -0.05) is 46.3 Å². The minimum Gasteiger partial charge on any atom is -0.375 e. The predicted octanol–water partition coefficient (Wildman–Crippen LogP) is 6.36. The van der Waals surface area contributed by atoms with Gasteiger partial charge in [0.15, 0.2) is 5.13 Å². The molecule has 1 heterocycles. The van der Waals surface area contributed by atoms with Gasteiger partial charge < -0.3 is 5.73 Å². The molecule has 0 radical (unpaired) electrons. The lowest BCUT2D eigenvalue weighted by Gasteiger charge is -2.09. The number of nitrogen functional groups attached to an aromatic ring is 1. The monoisotopic (exact) mass is 394 g/mol. The zero-order valence-corrected chi connectivity index (χ0v) is 14.3. The minimum absolute atomic E-state index is 0.370. The molecule has 3 rings (SSSR count). The average Bonchev–Trinajstić information content (AvgIpc) is 2.83. The van der Waals surface area contributed by atoms with E-state index in [4.69, 9.17) is 28.9 Å². The highest BCUT2D eigenvalue weighted by Crippen LogP contribution is 2.45. The molecule has 0 aliphatic carbocycles. The van der Waals surface area contributed by atoms with Crippen molar-refractivity contribution in [2.75, 3.05) is 5.73 Å². The summed E-state index contributed by atoms with van der Waals surface area (Å²) in [6, 6.07) is 6.44. The van der Waals surface area contributed by atoms with Crippen molar-refractivity contribution in [2.45, 2.75) is 16.0 Å². The maximum absolute atomic E-state index is 12.6. The second kappa shape index (κ2) is 6.05. The van der Waals surface area contributed by atoms with Gasteiger partial charge >= 0.3 is 6.18 Å². The van der Waals surface area contributed by atoms with Crippen molar-refractivity contribution in [2.24, 2.45) is 0 Å². The summed E-state index contributed by atoms with van der Waals surface area (Å²) in [5.74, 6) is 0. The molecule has 2 aromatic carbocycles. The molecule has 0 amide bonds. The number of thiazole rings is 1. The maximum Gasteiger partial charge on any atom is 0.416 e. The van der Waals surface area contributed by atoms with E-state index in [2.05, 4.69) is 4.98 Å². The van der Waals surface area contributed by atoms with E-state index in [0.29, 0.717) is 35.2 Å². The predicted molar refractivity (Wildman–Crippen MR) is 89.6 cm³/mol. The minimum atomic E-state index is -4.36. The number of hydrogen-bond acceptors (Lipinski definition) is 4. The van der Waals surface area contributed by atoms with Gasteiger partial charge in [0.2, 0.25) is 0 Å². The average molecular weight is 395 g/mol. The molecule has 0 spiro atoms. The molecule has 0 fully saturated rings. The number of benzene rings is 2. The largest absolute Gasteiger partial charge is 0.416 e. The summed E-state index contributed by atoms with van der Waals surface area (Å²) in [6.07, 6.45) is -4.36. The Balaban J connectivity index is 1.98. The molecule has 0 aliphatic rings. The van der Waals surface area contributed by atoms with Crippen LogP contribution in [0, 0.1) is 0 Å². The van der Waals surface area contributed by atoms with Crippen LogP contribution in [-0.2, 0) is 6.18 Å². The SMILES string of the molecule is Nc1nc2cc(Cl)c(Sc3ccc(C(F)(F)F)cc3)c(Cl)c2s1. The number of fused-ring (bicyclic) bond motifs is 1. The van der Waals surface area contributed by atoms with E-state index >= 15 is 0 Å². The van der Waals surface area contributed by atoms with Gasteiger partial charge in [-0.15, -0.1) is 0 Å². The Morgan fingerprint density at radius 2 is 1.78 bits per heavy atom. The fraction of sp³-hybridized carbons (Fsp3) is 0.0714. The Morgan fingerprint density at radius 3 is 2.39 bits per heavy atom. The third kappa shape index (κ3) is 3.38. The lowest BCUT2D eigenvalue weighted by molar-refractivity contribution is -0.137. The van der Waals surface area contributed by atoms with E-state index in [1.54, 1.807) is 6.07 Å². The van der Waals surface area contributed by atoms with Crippen LogP contribution in [0.4, 0.5) is 18.3 Å². The maximum atomic E-state index is 12.6. The summed E-state index contributed by atoms with van der Waals surface area (Å²) in [4.78, 5) is 5.27. The highest BCUT2D eigenvalue weighted by molar-refractivity contribution is 7.99. The Hall–Kier alpha value is -1.15. The molecule has 2 nitrogen and oxygen atoms in total. The van der Waals surface area contributed by atoms with Gasteiger partial charge in [0.05, 0.1) is 30.7 Å². The van der Waals surface area contributed by atoms with Crippen LogP contribution in [0.25, 0.3) is 10.2 Å². The molecular formula is C14H7Cl2F3N2S2. The Morgan fingerprint density at radius 1 is 1.13 bits per heavy atom. The summed E-state index contributed by atoms with van der Waals surface area (Å²) in [7, 11) is 0. The van der Waals surface area contributed by atoms with Gasteiger partial charge in [-0.2, -0.15) is 13.2 Å². The summed E-state index contributed by atoms with van der Waals surface area (Å²) in [6.45, 7) is 0. The molecule has 0 saturated carbocycles. The molecule has 23 heavy (non-hydrogen) atoms. The number of hydrogen-bond donors (Lipinski definition) is 1. The lowest BCUT2D eigenvalue weighted by atomic mass is 10.2. The van der Waals surface area contributed by atoms with Gasteiger partial charge in [0, 0.05) is 4.90 Å². The molecule has 120 valence electrons. The molecule has 0 unspecified atom stereocenters. The van der Waals surface area contributed by atoms with E-state index in [0.717, 1.165) is 12.1 Å². The second-order valence-corrected chi connectivity index (χ2v) is 7.43. The van der Waals surface area contributed by atoms with Crippen molar-refractivity contribution >= 4 is 61.6 Å². The van der Waals surface area contributed by atoms with E-state index in [9.17, 15) is 13.2 Å². The van der Waals surface area contributed by atoms with Gasteiger partial charge in [0.1, 0.15) is 0 Å². The normalized spacial score (nSPS) is 12.0. The first kappa shape index (κ1) is 16.7. The molecule has 0 saturated heterocycles. The number of nitrogens with two attached hydrogens (primary N) is 1. The van der Waals surface area contributed by atoms with Crippen LogP contribution >= 0.6 is 46.3 Å². The van der Waals surface area contributed by atoms with Crippen molar-refractivity contribution in [3.05, 3.63) is 45.9 Å². The van der Waals surface area contributed by atoms with Crippen molar-refractivity contribution < 1.29 is 13.2 Å². The first-order valence-electron chi connectivity index (χ1n) is 6.15. The fourth-order valence-electron chi connectivity index (χ4n) is 1.92. The number of nitrogens with zero attached hydrogens (tertiary/aromatic N) is 1. The molecule has 1 aromatic heterocycles.